The molecule has 6 heteroatoms. The van der Waals surface area contributed by atoms with Gasteiger partial charge in [-0.15, -0.1) is 0 Å². The quantitative estimate of drug-likeness (QED) is 0.376. The van der Waals surface area contributed by atoms with Crippen LogP contribution in [0.25, 0.3) is 11.1 Å². The first-order valence-electron chi connectivity index (χ1n) is 11.2. The average Bonchev–Trinajstić information content (AvgIpc) is 2.74. The molecule has 170 valence electrons. The predicted octanol–water partition coefficient (Wildman–Crippen LogP) is 7.31. The zero-order chi connectivity index (χ0) is 23.0. The summed E-state index contributed by atoms with van der Waals surface area (Å²) in [6.45, 7) is 6.17. The fraction of sp³-hybridized carbons (Fsp3) is 0.520. The number of unbranched alkanes of at least 4 members (excludes halogenated alkanes) is 3. The number of phenolic OH excluding ortho intramolecular Hbond substituents is 1. The highest BCUT2D eigenvalue weighted by Crippen LogP contribution is 2.42. The van der Waals surface area contributed by atoms with Gasteiger partial charge in [0.25, 0.3) is 0 Å². The zero-order valence-corrected chi connectivity index (χ0v) is 18.6. The van der Waals surface area contributed by atoms with E-state index in [1.807, 2.05) is 6.92 Å². The Hall–Kier alpha value is -2.37. The summed E-state index contributed by atoms with van der Waals surface area (Å²) in [6.07, 6.45) is 4.70. The Morgan fingerprint density at radius 2 is 1.45 bits per heavy atom. The number of pyridine rings is 1. The summed E-state index contributed by atoms with van der Waals surface area (Å²) < 4.78 is 38.9. The SMILES string of the molecule is CCCCc1c(O)c(-c2ccc(C(F)(F)F)nc2)c(CCCC)c(C=O)c1CCCC. The second-order valence-electron chi connectivity index (χ2n) is 7.93. The minimum Gasteiger partial charge on any atom is -0.507 e. The molecule has 0 spiro atoms. The van der Waals surface area contributed by atoms with E-state index in [0.717, 1.165) is 68.2 Å². The predicted molar refractivity (Wildman–Crippen MR) is 118 cm³/mol. The molecule has 0 fully saturated rings. The van der Waals surface area contributed by atoms with E-state index >= 15 is 0 Å². The van der Waals surface area contributed by atoms with Gasteiger partial charge in [-0.25, -0.2) is 0 Å². The average molecular weight is 436 g/mol. The first kappa shape index (κ1) is 24.9. The number of carbonyl (C=O) groups is 1. The van der Waals surface area contributed by atoms with Gasteiger partial charge in [0.15, 0.2) is 6.29 Å². The van der Waals surface area contributed by atoms with E-state index in [9.17, 15) is 23.1 Å². The van der Waals surface area contributed by atoms with Gasteiger partial charge < -0.3 is 5.11 Å². The highest BCUT2D eigenvalue weighted by Gasteiger charge is 2.32. The van der Waals surface area contributed by atoms with E-state index < -0.39 is 11.9 Å². The number of aldehydes is 1. The summed E-state index contributed by atoms with van der Waals surface area (Å²) in [4.78, 5) is 15.8. The van der Waals surface area contributed by atoms with Crippen molar-refractivity contribution in [2.75, 3.05) is 0 Å². The van der Waals surface area contributed by atoms with Gasteiger partial charge in [-0.2, -0.15) is 13.2 Å². The third-order valence-electron chi connectivity index (χ3n) is 5.64. The highest BCUT2D eigenvalue weighted by molar-refractivity contribution is 5.89. The number of phenols is 1. The molecule has 2 rings (SSSR count). The number of carbonyl (C=O) groups excluding carboxylic acids is 1. The minimum absolute atomic E-state index is 0.0813. The monoisotopic (exact) mass is 435 g/mol. The zero-order valence-electron chi connectivity index (χ0n) is 18.6. The molecule has 1 aromatic heterocycles. The largest absolute Gasteiger partial charge is 0.507 e. The van der Waals surface area contributed by atoms with Gasteiger partial charge in [0.2, 0.25) is 0 Å². The molecular formula is C25H32F3NO2. The van der Waals surface area contributed by atoms with Gasteiger partial charge in [-0.1, -0.05) is 46.1 Å². The Kier molecular flexibility index (Phi) is 9.08. The number of halogens is 3. The van der Waals surface area contributed by atoms with E-state index in [0.29, 0.717) is 41.5 Å². The standard InChI is InChI=1S/C25H32F3NO2/c1-4-7-10-18-20(12-9-6-3)24(31)23(19(11-8-5-2)21(18)16-30)17-13-14-22(29-15-17)25(26,27)28/h13-16,31H,4-12H2,1-3H3. The van der Waals surface area contributed by atoms with Gasteiger partial charge in [0, 0.05) is 22.9 Å². The number of aromatic nitrogens is 1. The van der Waals surface area contributed by atoms with Crippen molar-refractivity contribution in [2.45, 2.75) is 84.7 Å². The van der Waals surface area contributed by atoms with E-state index in [4.69, 9.17) is 0 Å². The summed E-state index contributed by atoms with van der Waals surface area (Å²) in [5, 5.41) is 11.3. The molecule has 0 unspecified atom stereocenters. The molecule has 2 aromatic rings. The van der Waals surface area contributed by atoms with Gasteiger partial charge in [0.1, 0.15) is 11.4 Å². The number of hydrogen-bond donors (Lipinski definition) is 1. The highest BCUT2D eigenvalue weighted by atomic mass is 19.4. The van der Waals surface area contributed by atoms with Crippen molar-refractivity contribution < 1.29 is 23.1 Å². The van der Waals surface area contributed by atoms with Gasteiger partial charge in [-0.3, -0.25) is 9.78 Å². The Morgan fingerprint density at radius 1 is 0.903 bits per heavy atom. The molecular weight excluding hydrogens is 403 g/mol. The molecule has 0 bridgehead atoms. The third kappa shape index (κ3) is 5.86. The molecule has 0 aliphatic carbocycles. The summed E-state index contributed by atoms with van der Waals surface area (Å²) >= 11 is 0. The second-order valence-corrected chi connectivity index (χ2v) is 7.93. The van der Waals surface area contributed by atoms with Crippen LogP contribution in [0, 0.1) is 0 Å². The molecule has 0 radical (unpaired) electrons. The van der Waals surface area contributed by atoms with E-state index in [1.54, 1.807) is 0 Å². The van der Waals surface area contributed by atoms with Crippen LogP contribution in [0.1, 0.15) is 92.0 Å². The molecule has 0 aliphatic rings. The molecule has 0 amide bonds. The van der Waals surface area contributed by atoms with Crippen LogP contribution in [0.4, 0.5) is 13.2 Å². The van der Waals surface area contributed by atoms with Gasteiger partial charge in [0.05, 0.1) is 0 Å². The van der Waals surface area contributed by atoms with E-state index in [2.05, 4.69) is 18.8 Å². The first-order valence-corrected chi connectivity index (χ1v) is 11.2. The summed E-state index contributed by atoms with van der Waals surface area (Å²) in [6, 6.07) is 2.26. The molecule has 3 nitrogen and oxygen atoms in total. The smallest absolute Gasteiger partial charge is 0.433 e. The van der Waals surface area contributed by atoms with Crippen LogP contribution >= 0.6 is 0 Å². The normalized spacial score (nSPS) is 11.7. The van der Waals surface area contributed by atoms with Gasteiger partial charge in [-0.05, 0) is 61.3 Å². The van der Waals surface area contributed by atoms with Crippen LogP contribution in [0.5, 0.6) is 5.75 Å². The molecule has 1 aromatic carbocycles. The lowest BCUT2D eigenvalue weighted by Gasteiger charge is -2.23. The number of benzene rings is 1. The molecule has 1 N–H and O–H groups in total. The molecule has 31 heavy (non-hydrogen) atoms. The van der Waals surface area contributed by atoms with Crippen molar-refractivity contribution in [3.05, 3.63) is 46.3 Å². The van der Waals surface area contributed by atoms with Crippen molar-refractivity contribution in [1.82, 2.24) is 4.98 Å². The van der Waals surface area contributed by atoms with Gasteiger partial charge >= 0.3 is 6.18 Å². The topological polar surface area (TPSA) is 50.2 Å². The Morgan fingerprint density at radius 3 is 1.90 bits per heavy atom. The van der Waals surface area contributed by atoms with E-state index in [-0.39, 0.29) is 5.75 Å². The maximum Gasteiger partial charge on any atom is 0.433 e. The molecule has 0 aliphatic heterocycles. The number of nitrogens with zero attached hydrogens (tertiary/aromatic N) is 1. The fourth-order valence-corrected chi connectivity index (χ4v) is 3.95. The summed E-state index contributed by atoms with van der Waals surface area (Å²) in [5.41, 5.74) is 2.79. The third-order valence-corrected chi connectivity index (χ3v) is 5.64. The molecule has 0 atom stereocenters. The van der Waals surface area contributed by atoms with Crippen molar-refractivity contribution in [3.63, 3.8) is 0 Å². The van der Waals surface area contributed by atoms with Crippen molar-refractivity contribution in [1.29, 1.82) is 0 Å². The molecule has 0 saturated heterocycles. The van der Waals surface area contributed by atoms with Crippen LogP contribution in [-0.4, -0.2) is 16.4 Å². The Labute approximate surface area is 182 Å². The number of hydrogen-bond acceptors (Lipinski definition) is 3. The summed E-state index contributed by atoms with van der Waals surface area (Å²) in [5.74, 6) is 0.0813. The lowest BCUT2D eigenvalue weighted by molar-refractivity contribution is -0.141. The number of rotatable bonds is 11. The number of alkyl halides is 3. The lowest BCUT2D eigenvalue weighted by Crippen LogP contribution is -2.10. The lowest BCUT2D eigenvalue weighted by atomic mass is 9.83. The Bertz CT molecular complexity index is 874. The van der Waals surface area contributed by atoms with Crippen molar-refractivity contribution >= 4 is 6.29 Å². The molecule has 1 heterocycles. The number of aromatic hydroxyl groups is 1. The van der Waals surface area contributed by atoms with Crippen LogP contribution in [0.15, 0.2) is 18.3 Å². The van der Waals surface area contributed by atoms with E-state index in [1.165, 1.54) is 6.07 Å². The van der Waals surface area contributed by atoms with Crippen LogP contribution < -0.4 is 0 Å². The fourth-order valence-electron chi connectivity index (χ4n) is 3.95. The second kappa shape index (κ2) is 11.3. The van der Waals surface area contributed by atoms with Crippen LogP contribution in [0.2, 0.25) is 0 Å². The van der Waals surface area contributed by atoms with Crippen LogP contribution in [-0.2, 0) is 25.4 Å². The maximum atomic E-state index is 13.0. The maximum absolute atomic E-state index is 13.0. The van der Waals surface area contributed by atoms with Crippen molar-refractivity contribution in [2.24, 2.45) is 0 Å². The first-order chi connectivity index (χ1) is 14.8. The molecule has 0 saturated carbocycles. The summed E-state index contributed by atoms with van der Waals surface area (Å²) in [7, 11) is 0. The Balaban J connectivity index is 2.78. The minimum atomic E-state index is -4.53. The van der Waals surface area contributed by atoms with Crippen LogP contribution in [0.3, 0.4) is 0 Å². The van der Waals surface area contributed by atoms with Crippen molar-refractivity contribution in [3.8, 4) is 16.9 Å².